The van der Waals surface area contributed by atoms with Crippen molar-refractivity contribution in [3.63, 3.8) is 0 Å². The van der Waals surface area contributed by atoms with E-state index in [1.165, 1.54) is 5.56 Å². The minimum Gasteiger partial charge on any atom is -0.326 e. The van der Waals surface area contributed by atoms with Crippen molar-refractivity contribution >= 4 is 0 Å². The first-order valence-electron chi connectivity index (χ1n) is 5.03. The largest absolute Gasteiger partial charge is 0.326 e. The number of hydrogen-bond acceptors (Lipinski definition) is 3. The van der Waals surface area contributed by atoms with E-state index in [0.717, 1.165) is 17.7 Å². The molecule has 4 nitrogen and oxygen atoms in total. The van der Waals surface area contributed by atoms with Gasteiger partial charge in [-0.3, -0.25) is 0 Å². The van der Waals surface area contributed by atoms with Crippen molar-refractivity contribution in [1.82, 2.24) is 15.0 Å². The number of hydrogen-bond donors (Lipinski definition) is 1. The lowest BCUT2D eigenvalue weighted by atomic mass is 10.1. The van der Waals surface area contributed by atoms with Crippen LogP contribution in [0, 0.1) is 0 Å². The summed E-state index contributed by atoms with van der Waals surface area (Å²) >= 11 is 0. The van der Waals surface area contributed by atoms with Gasteiger partial charge >= 0.3 is 0 Å². The van der Waals surface area contributed by atoms with Gasteiger partial charge in [0.2, 0.25) is 0 Å². The molecular weight excluding hydrogens is 188 g/mol. The van der Waals surface area contributed by atoms with Crippen molar-refractivity contribution in [1.29, 1.82) is 0 Å². The maximum atomic E-state index is 5.62. The van der Waals surface area contributed by atoms with Crippen LogP contribution >= 0.6 is 0 Å². The van der Waals surface area contributed by atoms with Crippen molar-refractivity contribution in [2.24, 2.45) is 5.73 Å². The smallest absolute Gasteiger partial charge is 0.0698 e. The summed E-state index contributed by atoms with van der Waals surface area (Å²) in [5, 5.41) is 7.81. The van der Waals surface area contributed by atoms with E-state index in [-0.39, 0.29) is 0 Å². The van der Waals surface area contributed by atoms with Crippen molar-refractivity contribution in [3.8, 4) is 5.69 Å². The molecule has 15 heavy (non-hydrogen) atoms. The monoisotopic (exact) mass is 202 g/mol. The highest BCUT2D eigenvalue weighted by atomic mass is 15.4. The Morgan fingerprint density at radius 3 is 2.87 bits per heavy atom. The van der Waals surface area contributed by atoms with Crippen LogP contribution in [0.25, 0.3) is 5.69 Å². The van der Waals surface area contributed by atoms with Crippen LogP contribution < -0.4 is 5.73 Å². The maximum absolute atomic E-state index is 5.62. The Morgan fingerprint density at radius 2 is 2.27 bits per heavy atom. The van der Waals surface area contributed by atoms with E-state index in [0.29, 0.717) is 6.54 Å². The van der Waals surface area contributed by atoms with Crippen molar-refractivity contribution in [3.05, 3.63) is 41.7 Å². The molecule has 2 N–H and O–H groups in total. The van der Waals surface area contributed by atoms with E-state index in [1.807, 2.05) is 6.20 Å². The van der Waals surface area contributed by atoms with Gasteiger partial charge in [0.25, 0.3) is 0 Å². The summed E-state index contributed by atoms with van der Waals surface area (Å²) in [5.74, 6) is 0. The predicted octanol–water partition coefficient (Wildman–Crippen LogP) is 1.29. The highest BCUT2D eigenvalue weighted by Gasteiger charge is 2.04. The van der Waals surface area contributed by atoms with E-state index in [1.54, 1.807) is 10.9 Å². The van der Waals surface area contributed by atoms with Crippen LogP contribution in [0.2, 0.25) is 0 Å². The van der Waals surface area contributed by atoms with Crippen LogP contribution in [0.1, 0.15) is 18.1 Å². The Labute approximate surface area is 88.7 Å². The minimum atomic E-state index is 0.547. The third kappa shape index (κ3) is 1.89. The summed E-state index contributed by atoms with van der Waals surface area (Å²) in [5.41, 5.74) is 9.04. The van der Waals surface area contributed by atoms with Crippen LogP contribution in [-0.4, -0.2) is 15.0 Å². The second kappa shape index (κ2) is 4.23. The van der Waals surface area contributed by atoms with E-state index in [2.05, 4.69) is 35.4 Å². The van der Waals surface area contributed by atoms with Gasteiger partial charge in [-0.25, -0.2) is 4.68 Å². The Morgan fingerprint density at radius 1 is 1.40 bits per heavy atom. The molecule has 0 fully saturated rings. The average molecular weight is 202 g/mol. The average Bonchev–Trinajstić information content (AvgIpc) is 2.81. The van der Waals surface area contributed by atoms with Gasteiger partial charge in [-0.1, -0.05) is 24.3 Å². The zero-order valence-corrected chi connectivity index (χ0v) is 8.72. The molecule has 0 saturated heterocycles. The zero-order valence-electron chi connectivity index (χ0n) is 8.72. The fourth-order valence-corrected chi connectivity index (χ4v) is 1.59. The maximum Gasteiger partial charge on any atom is 0.0698 e. The van der Waals surface area contributed by atoms with Crippen LogP contribution in [0.4, 0.5) is 0 Å². The Hall–Kier alpha value is -1.68. The highest BCUT2D eigenvalue weighted by molar-refractivity contribution is 5.43. The molecular formula is C11H14N4. The Kier molecular flexibility index (Phi) is 2.78. The van der Waals surface area contributed by atoms with E-state index in [9.17, 15) is 0 Å². The molecule has 0 bridgehead atoms. The first kappa shape index (κ1) is 9.86. The van der Waals surface area contributed by atoms with Crippen molar-refractivity contribution in [2.75, 3.05) is 0 Å². The van der Waals surface area contributed by atoms with Crippen LogP contribution in [-0.2, 0) is 13.0 Å². The normalized spacial score (nSPS) is 10.5. The summed E-state index contributed by atoms with van der Waals surface area (Å²) in [7, 11) is 0. The van der Waals surface area contributed by atoms with Gasteiger partial charge in [0.15, 0.2) is 0 Å². The SMILES string of the molecule is CCc1ccc(CN)cc1-n1ccnn1. The van der Waals surface area contributed by atoms with Gasteiger partial charge in [-0.15, -0.1) is 5.10 Å². The van der Waals surface area contributed by atoms with Gasteiger partial charge in [0, 0.05) is 6.54 Å². The topological polar surface area (TPSA) is 56.7 Å². The number of nitrogens with zero attached hydrogens (tertiary/aromatic N) is 3. The zero-order chi connectivity index (χ0) is 10.7. The van der Waals surface area contributed by atoms with Crippen molar-refractivity contribution < 1.29 is 0 Å². The van der Waals surface area contributed by atoms with E-state index < -0.39 is 0 Å². The molecule has 0 aliphatic heterocycles. The van der Waals surface area contributed by atoms with Gasteiger partial charge in [0.05, 0.1) is 18.1 Å². The predicted molar refractivity (Wildman–Crippen MR) is 58.6 cm³/mol. The third-order valence-electron chi connectivity index (χ3n) is 2.44. The summed E-state index contributed by atoms with van der Waals surface area (Å²) in [6, 6.07) is 6.21. The quantitative estimate of drug-likeness (QED) is 0.815. The highest BCUT2D eigenvalue weighted by Crippen LogP contribution is 2.16. The third-order valence-corrected chi connectivity index (χ3v) is 2.44. The number of aromatic nitrogens is 3. The van der Waals surface area contributed by atoms with Gasteiger partial charge in [-0.2, -0.15) is 0 Å². The minimum absolute atomic E-state index is 0.547. The standard InChI is InChI=1S/C11H14N4/c1-2-10-4-3-9(8-12)7-11(10)15-6-5-13-14-15/h3-7H,2,8,12H2,1H3. The molecule has 2 aromatic rings. The lowest BCUT2D eigenvalue weighted by molar-refractivity contribution is 0.791. The second-order valence-corrected chi connectivity index (χ2v) is 3.37. The molecule has 0 atom stereocenters. The van der Waals surface area contributed by atoms with Crippen LogP contribution in [0.15, 0.2) is 30.6 Å². The first-order chi connectivity index (χ1) is 7.35. The molecule has 0 spiro atoms. The number of rotatable bonds is 3. The lowest BCUT2D eigenvalue weighted by Gasteiger charge is -2.08. The molecule has 0 aliphatic carbocycles. The summed E-state index contributed by atoms with van der Waals surface area (Å²) in [6.45, 7) is 2.67. The number of aryl methyl sites for hydroxylation is 1. The van der Waals surface area contributed by atoms with Gasteiger partial charge in [-0.05, 0) is 23.6 Å². The lowest BCUT2D eigenvalue weighted by Crippen LogP contribution is -2.03. The second-order valence-electron chi connectivity index (χ2n) is 3.37. The fourth-order valence-electron chi connectivity index (χ4n) is 1.59. The van der Waals surface area contributed by atoms with E-state index >= 15 is 0 Å². The summed E-state index contributed by atoms with van der Waals surface area (Å²) in [6.07, 6.45) is 4.49. The number of nitrogens with two attached hydrogens (primary N) is 1. The van der Waals surface area contributed by atoms with Gasteiger partial charge in [0.1, 0.15) is 0 Å². The molecule has 2 rings (SSSR count). The molecule has 0 radical (unpaired) electrons. The molecule has 1 aromatic heterocycles. The molecule has 0 unspecified atom stereocenters. The van der Waals surface area contributed by atoms with Crippen LogP contribution in [0.3, 0.4) is 0 Å². The van der Waals surface area contributed by atoms with Crippen molar-refractivity contribution in [2.45, 2.75) is 19.9 Å². The Bertz CT molecular complexity index is 434. The Balaban J connectivity index is 2.52. The molecule has 0 aliphatic rings. The molecule has 1 aromatic carbocycles. The fraction of sp³-hybridized carbons (Fsp3) is 0.273. The summed E-state index contributed by atoms with van der Waals surface area (Å²) < 4.78 is 1.78. The van der Waals surface area contributed by atoms with E-state index in [4.69, 9.17) is 5.73 Å². The van der Waals surface area contributed by atoms with Gasteiger partial charge < -0.3 is 5.73 Å². The van der Waals surface area contributed by atoms with Crippen LogP contribution in [0.5, 0.6) is 0 Å². The molecule has 0 saturated carbocycles. The summed E-state index contributed by atoms with van der Waals surface area (Å²) in [4.78, 5) is 0. The first-order valence-corrected chi connectivity index (χ1v) is 5.03. The number of benzene rings is 1. The molecule has 4 heteroatoms. The molecule has 1 heterocycles. The molecule has 0 amide bonds. The molecule has 78 valence electrons.